The van der Waals surface area contributed by atoms with E-state index in [0.717, 1.165) is 11.6 Å². The molecule has 2 N–H and O–H groups in total. The highest BCUT2D eigenvalue weighted by atomic mass is 35.5. The highest BCUT2D eigenvalue weighted by Gasteiger charge is 2.33. The Kier molecular flexibility index (Phi) is 4.35. The van der Waals surface area contributed by atoms with Crippen LogP contribution in [0.5, 0.6) is 0 Å². The summed E-state index contributed by atoms with van der Waals surface area (Å²) in [5.74, 6) is 0. The van der Waals surface area contributed by atoms with E-state index in [-0.39, 0.29) is 5.56 Å². The number of hydrogen-bond acceptors (Lipinski definition) is 1. The van der Waals surface area contributed by atoms with Crippen LogP contribution in [0.15, 0.2) is 42.5 Å². The molecule has 0 saturated carbocycles. The molecular weight excluding hydrogens is 287 g/mol. The average molecular weight is 300 g/mol. The molecule has 0 saturated heterocycles. The van der Waals surface area contributed by atoms with Crippen LogP contribution in [0.25, 0.3) is 11.1 Å². The number of nitrogens with two attached hydrogens (primary N) is 1. The lowest BCUT2D eigenvalue weighted by atomic mass is 9.94. The Morgan fingerprint density at radius 2 is 1.70 bits per heavy atom. The first-order valence-electron chi connectivity index (χ1n) is 6.08. The molecular formula is C15H13ClF3N. The molecule has 2 aromatic rings. The van der Waals surface area contributed by atoms with Gasteiger partial charge in [-0.15, -0.1) is 0 Å². The van der Waals surface area contributed by atoms with E-state index >= 15 is 0 Å². The lowest BCUT2D eigenvalue weighted by Gasteiger charge is -2.16. The minimum Gasteiger partial charge on any atom is -0.330 e. The maximum Gasteiger partial charge on any atom is 0.417 e. The van der Waals surface area contributed by atoms with Crippen LogP contribution in [0.1, 0.15) is 11.1 Å². The van der Waals surface area contributed by atoms with Crippen LogP contribution in [0.2, 0.25) is 5.02 Å². The van der Waals surface area contributed by atoms with Gasteiger partial charge in [-0.1, -0.05) is 35.9 Å². The fourth-order valence-electron chi connectivity index (χ4n) is 2.14. The van der Waals surface area contributed by atoms with Crippen molar-refractivity contribution in [2.45, 2.75) is 12.6 Å². The van der Waals surface area contributed by atoms with E-state index in [0.29, 0.717) is 23.6 Å². The van der Waals surface area contributed by atoms with E-state index in [1.54, 1.807) is 24.3 Å². The number of benzene rings is 2. The third-order valence-corrected chi connectivity index (χ3v) is 3.24. The molecule has 2 rings (SSSR count). The van der Waals surface area contributed by atoms with Gasteiger partial charge in [-0.3, -0.25) is 0 Å². The molecule has 1 nitrogen and oxygen atoms in total. The number of halogens is 4. The van der Waals surface area contributed by atoms with Gasteiger partial charge >= 0.3 is 6.18 Å². The first-order valence-corrected chi connectivity index (χ1v) is 6.46. The topological polar surface area (TPSA) is 26.0 Å². The highest BCUT2D eigenvalue weighted by molar-refractivity contribution is 6.30. The molecule has 0 unspecified atom stereocenters. The van der Waals surface area contributed by atoms with Crippen molar-refractivity contribution in [3.63, 3.8) is 0 Å². The van der Waals surface area contributed by atoms with Gasteiger partial charge in [0.15, 0.2) is 0 Å². The van der Waals surface area contributed by atoms with Gasteiger partial charge in [0, 0.05) is 5.02 Å². The molecule has 0 aliphatic carbocycles. The second-order valence-corrected chi connectivity index (χ2v) is 4.82. The van der Waals surface area contributed by atoms with Crippen molar-refractivity contribution in [2.75, 3.05) is 6.54 Å². The summed E-state index contributed by atoms with van der Waals surface area (Å²) in [5.41, 5.74) is 6.22. The Morgan fingerprint density at radius 3 is 2.35 bits per heavy atom. The van der Waals surface area contributed by atoms with E-state index in [4.69, 9.17) is 17.3 Å². The second kappa shape index (κ2) is 5.85. The van der Waals surface area contributed by atoms with E-state index in [1.807, 2.05) is 0 Å². The number of hydrogen-bond donors (Lipinski definition) is 1. The predicted octanol–water partition coefficient (Wildman–Crippen LogP) is 4.53. The molecule has 2 aromatic carbocycles. The SMILES string of the molecule is NCCc1ccc(Cl)cc1-c1ccccc1C(F)(F)F. The summed E-state index contributed by atoms with van der Waals surface area (Å²) in [5, 5.41) is 0.401. The van der Waals surface area contributed by atoms with Crippen LogP contribution in [0.3, 0.4) is 0 Å². The van der Waals surface area contributed by atoms with Gasteiger partial charge in [-0.25, -0.2) is 0 Å². The van der Waals surface area contributed by atoms with Crippen LogP contribution >= 0.6 is 11.6 Å². The molecule has 20 heavy (non-hydrogen) atoms. The molecule has 0 heterocycles. The smallest absolute Gasteiger partial charge is 0.330 e. The lowest BCUT2D eigenvalue weighted by molar-refractivity contribution is -0.137. The molecule has 0 radical (unpaired) electrons. The molecule has 0 spiro atoms. The van der Waals surface area contributed by atoms with Crippen molar-refractivity contribution in [3.8, 4) is 11.1 Å². The average Bonchev–Trinajstić information content (AvgIpc) is 2.40. The van der Waals surface area contributed by atoms with Crippen LogP contribution in [-0.4, -0.2) is 6.54 Å². The van der Waals surface area contributed by atoms with Crippen LogP contribution in [-0.2, 0) is 12.6 Å². The Labute approximate surface area is 120 Å². The zero-order valence-corrected chi connectivity index (χ0v) is 11.3. The van der Waals surface area contributed by atoms with Gasteiger partial charge in [0.05, 0.1) is 5.56 Å². The first kappa shape index (κ1) is 14.9. The Balaban J connectivity index is 2.65. The van der Waals surface area contributed by atoms with Gasteiger partial charge in [0.2, 0.25) is 0 Å². The molecule has 0 bridgehead atoms. The summed E-state index contributed by atoms with van der Waals surface area (Å²) in [7, 11) is 0. The van der Waals surface area contributed by atoms with Crippen LogP contribution < -0.4 is 5.73 Å². The maximum absolute atomic E-state index is 13.1. The largest absolute Gasteiger partial charge is 0.417 e. The summed E-state index contributed by atoms with van der Waals surface area (Å²) in [6, 6.07) is 10.4. The van der Waals surface area contributed by atoms with Crippen molar-refractivity contribution < 1.29 is 13.2 Å². The number of alkyl halides is 3. The molecule has 0 aromatic heterocycles. The molecule has 5 heteroatoms. The van der Waals surface area contributed by atoms with E-state index in [9.17, 15) is 13.2 Å². The second-order valence-electron chi connectivity index (χ2n) is 4.38. The fraction of sp³-hybridized carbons (Fsp3) is 0.200. The van der Waals surface area contributed by atoms with Gasteiger partial charge in [0.1, 0.15) is 0 Å². The number of rotatable bonds is 3. The third kappa shape index (κ3) is 3.14. The summed E-state index contributed by atoms with van der Waals surface area (Å²) in [6.45, 7) is 0.364. The molecule has 0 atom stereocenters. The molecule has 0 aliphatic rings. The minimum atomic E-state index is -4.40. The van der Waals surface area contributed by atoms with Crippen molar-refractivity contribution in [1.82, 2.24) is 0 Å². The summed E-state index contributed by atoms with van der Waals surface area (Å²) < 4.78 is 39.3. The maximum atomic E-state index is 13.1. The van der Waals surface area contributed by atoms with Crippen molar-refractivity contribution >= 4 is 11.6 Å². The van der Waals surface area contributed by atoms with Crippen LogP contribution in [0.4, 0.5) is 13.2 Å². The zero-order chi connectivity index (χ0) is 14.8. The predicted molar refractivity (Wildman–Crippen MR) is 74.6 cm³/mol. The Bertz CT molecular complexity index is 608. The van der Waals surface area contributed by atoms with Gasteiger partial charge in [0.25, 0.3) is 0 Å². The van der Waals surface area contributed by atoms with Gasteiger partial charge in [-0.05, 0) is 47.9 Å². The van der Waals surface area contributed by atoms with Gasteiger partial charge in [-0.2, -0.15) is 13.2 Å². The standard InChI is InChI=1S/C15H13ClF3N/c16-11-6-5-10(7-8-20)13(9-11)12-3-1-2-4-14(12)15(17,18)19/h1-6,9H,7-8,20H2. The van der Waals surface area contributed by atoms with Crippen LogP contribution in [0, 0.1) is 0 Å². The normalized spacial score (nSPS) is 11.7. The lowest BCUT2D eigenvalue weighted by Crippen LogP contribution is -2.09. The fourth-order valence-corrected chi connectivity index (χ4v) is 2.31. The minimum absolute atomic E-state index is 0.131. The molecule has 0 fully saturated rings. The van der Waals surface area contributed by atoms with Crippen molar-refractivity contribution in [3.05, 3.63) is 58.6 Å². The quantitative estimate of drug-likeness (QED) is 0.885. The van der Waals surface area contributed by atoms with Gasteiger partial charge < -0.3 is 5.73 Å². The van der Waals surface area contributed by atoms with E-state index < -0.39 is 11.7 Å². The molecule has 0 amide bonds. The highest BCUT2D eigenvalue weighted by Crippen LogP contribution is 2.38. The monoisotopic (exact) mass is 299 g/mol. The first-order chi connectivity index (χ1) is 9.43. The zero-order valence-electron chi connectivity index (χ0n) is 10.5. The van der Waals surface area contributed by atoms with Crippen molar-refractivity contribution in [1.29, 1.82) is 0 Å². The summed E-state index contributed by atoms with van der Waals surface area (Å²) in [6.07, 6.45) is -3.91. The third-order valence-electron chi connectivity index (χ3n) is 3.01. The summed E-state index contributed by atoms with van der Waals surface area (Å²) in [4.78, 5) is 0. The molecule has 106 valence electrons. The van der Waals surface area contributed by atoms with Crippen molar-refractivity contribution in [2.24, 2.45) is 5.73 Å². The summed E-state index contributed by atoms with van der Waals surface area (Å²) >= 11 is 5.92. The molecule has 0 aliphatic heterocycles. The Hall–Kier alpha value is -1.52. The van der Waals surface area contributed by atoms with E-state index in [1.165, 1.54) is 12.1 Å². The Morgan fingerprint density at radius 1 is 1.00 bits per heavy atom. The van der Waals surface area contributed by atoms with E-state index in [2.05, 4.69) is 0 Å².